The molecule has 0 amide bonds. The molecule has 0 aromatic carbocycles. The Kier molecular flexibility index (Phi) is 4.14. The van der Waals surface area contributed by atoms with E-state index in [1.165, 1.54) is 0 Å². The molecule has 118 valence electrons. The van der Waals surface area contributed by atoms with Gasteiger partial charge in [-0.1, -0.05) is 11.3 Å². The van der Waals surface area contributed by atoms with E-state index in [4.69, 9.17) is 0 Å². The van der Waals surface area contributed by atoms with Crippen molar-refractivity contribution in [1.82, 2.24) is 10.2 Å². The zero-order valence-electron chi connectivity index (χ0n) is 11.6. The van der Waals surface area contributed by atoms with Gasteiger partial charge in [-0.3, -0.25) is 4.79 Å². The fourth-order valence-corrected chi connectivity index (χ4v) is 3.12. The van der Waals surface area contributed by atoms with Gasteiger partial charge >= 0.3 is 12.1 Å². The molecule has 1 atom stereocenters. The molecule has 1 aliphatic heterocycles. The standard InChI is InChI=1S/C12H16F3N3O2S/c1-11(2,9(19)20)7-4-3-5-18(6-7)10-17-16-8(21-10)12(13,14)15/h7H,3-6H2,1-2H3,(H,19,20). The lowest BCUT2D eigenvalue weighted by Crippen LogP contribution is -2.44. The number of rotatable bonds is 3. The quantitative estimate of drug-likeness (QED) is 0.926. The van der Waals surface area contributed by atoms with E-state index in [9.17, 15) is 23.1 Å². The van der Waals surface area contributed by atoms with Crippen LogP contribution in [0.2, 0.25) is 0 Å². The Hall–Kier alpha value is -1.38. The summed E-state index contributed by atoms with van der Waals surface area (Å²) in [5, 5.41) is 15.3. The van der Waals surface area contributed by atoms with Crippen LogP contribution in [-0.2, 0) is 11.0 Å². The second kappa shape index (κ2) is 5.43. The van der Waals surface area contributed by atoms with Crippen molar-refractivity contribution in [2.75, 3.05) is 18.0 Å². The van der Waals surface area contributed by atoms with Gasteiger partial charge in [0, 0.05) is 13.1 Å². The fourth-order valence-electron chi connectivity index (χ4n) is 2.37. The highest BCUT2D eigenvalue weighted by molar-refractivity contribution is 7.15. The largest absolute Gasteiger partial charge is 0.481 e. The van der Waals surface area contributed by atoms with Crippen molar-refractivity contribution in [3.63, 3.8) is 0 Å². The zero-order chi connectivity index (χ0) is 15.8. The molecule has 5 nitrogen and oxygen atoms in total. The maximum Gasteiger partial charge on any atom is 0.445 e. The van der Waals surface area contributed by atoms with Crippen molar-refractivity contribution in [2.24, 2.45) is 11.3 Å². The molecule has 2 rings (SSSR count). The van der Waals surface area contributed by atoms with Crippen LogP contribution < -0.4 is 4.90 Å². The van der Waals surface area contributed by atoms with Crippen LogP contribution in [0.4, 0.5) is 18.3 Å². The molecule has 2 heterocycles. The monoisotopic (exact) mass is 323 g/mol. The molecule has 1 fully saturated rings. The molecule has 1 N–H and O–H groups in total. The van der Waals surface area contributed by atoms with Crippen molar-refractivity contribution in [1.29, 1.82) is 0 Å². The molecular formula is C12H16F3N3O2S. The summed E-state index contributed by atoms with van der Waals surface area (Å²) in [5.74, 6) is -1.04. The summed E-state index contributed by atoms with van der Waals surface area (Å²) in [6.07, 6.45) is -3.03. The number of hydrogen-bond acceptors (Lipinski definition) is 5. The molecule has 21 heavy (non-hydrogen) atoms. The molecule has 9 heteroatoms. The summed E-state index contributed by atoms with van der Waals surface area (Å²) in [5.41, 5.74) is -0.920. The first-order valence-corrected chi connectivity index (χ1v) is 7.33. The number of carboxylic acid groups (broad SMARTS) is 1. The van der Waals surface area contributed by atoms with E-state index in [-0.39, 0.29) is 11.0 Å². The van der Waals surface area contributed by atoms with E-state index in [2.05, 4.69) is 10.2 Å². The maximum atomic E-state index is 12.6. The second-order valence-corrected chi connectivity index (χ2v) is 6.66. The molecular weight excluding hydrogens is 307 g/mol. The average molecular weight is 323 g/mol. The van der Waals surface area contributed by atoms with E-state index in [1.54, 1.807) is 18.7 Å². The molecule has 0 bridgehead atoms. The van der Waals surface area contributed by atoms with Crippen LogP contribution >= 0.6 is 11.3 Å². The SMILES string of the molecule is CC(C)(C(=O)O)C1CCCN(c2nnc(C(F)(F)F)s2)C1. The number of anilines is 1. The first-order valence-electron chi connectivity index (χ1n) is 6.51. The summed E-state index contributed by atoms with van der Waals surface area (Å²) >= 11 is 0.499. The Morgan fingerprint density at radius 1 is 1.38 bits per heavy atom. The van der Waals surface area contributed by atoms with Crippen molar-refractivity contribution < 1.29 is 23.1 Å². The zero-order valence-corrected chi connectivity index (χ0v) is 12.5. The van der Waals surface area contributed by atoms with Crippen molar-refractivity contribution in [3.8, 4) is 0 Å². The smallest absolute Gasteiger partial charge is 0.445 e. The Morgan fingerprint density at radius 3 is 2.57 bits per heavy atom. The second-order valence-electron chi connectivity index (χ2n) is 5.70. The van der Waals surface area contributed by atoms with E-state index in [0.29, 0.717) is 24.4 Å². The lowest BCUT2D eigenvalue weighted by molar-refractivity contribution is -0.150. The maximum absolute atomic E-state index is 12.6. The topological polar surface area (TPSA) is 66.3 Å². The molecule has 0 spiro atoms. The van der Waals surface area contributed by atoms with Gasteiger partial charge < -0.3 is 10.0 Å². The first-order chi connectivity index (χ1) is 9.62. The van der Waals surface area contributed by atoms with Crippen molar-refractivity contribution in [2.45, 2.75) is 32.9 Å². The molecule has 1 aromatic rings. The molecule has 1 unspecified atom stereocenters. The molecule has 0 saturated carbocycles. The van der Waals surface area contributed by atoms with Gasteiger partial charge in [0.05, 0.1) is 5.41 Å². The van der Waals surface area contributed by atoms with E-state index in [0.717, 1.165) is 12.8 Å². The lowest BCUT2D eigenvalue weighted by atomic mass is 9.75. The van der Waals surface area contributed by atoms with Crippen LogP contribution in [0.25, 0.3) is 0 Å². The minimum absolute atomic E-state index is 0.137. The lowest BCUT2D eigenvalue weighted by Gasteiger charge is -2.38. The van der Waals surface area contributed by atoms with Gasteiger partial charge in [0.25, 0.3) is 0 Å². The predicted molar refractivity (Wildman–Crippen MR) is 71.3 cm³/mol. The van der Waals surface area contributed by atoms with Gasteiger partial charge in [0.1, 0.15) is 0 Å². The van der Waals surface area contributed by atoms with Crippen molar-refractivity contribution in [3.05, 3.63) is 5.01 Å². The Bertz CT molecular complexity index is 530. The number of carboxylic acids is 1. The summed E-state index contributed by atoms with van der Waals surface area (Å²) in [6.45, 7) is 4.24. The number of aromatic nitrogens is 2. The summed E-state index contributed by atoms with van der Waals surface area (Å²) < 4.78 is 37.7. The molecule has 0 aliphatic carbocycles. The highest BCUT2D eigenvalue weighted by Gasteiger charge is 2.41. The van der Waals surface area contributed by atoms with Crippen LogP contribution in [0.5, 0.6) is 0 Å². The number of piperidine rings is 1. The highest BCUT2D eigenvalue weighted by atomic mass is 32.1. The number of aliphatic carboxylic acids is 1. The Balaban J connectivity index is 2.15. The Labute approximate surface area is 123 Å². The first kappa shape index (κ1) is 16.0. The van der Waals surface area contributed by atoms with E-state index < -0.39 is 22.6 Å². The van der Waals surface area contributed by atoms with E-state index >= 15 is 0 Å². The number of carbonyl (C=O) groups is 1. The van der Waals surface area contributed by atoms with Crippen molar-refractivity contribution >= 4 is 22.4 Å². The normalized spacial score (nSPS) is 20.6. The van der Waals surface area contributed by atoms with Crippen LogP contribution in [-0.4, -0.2) is 34.4 Å². The number of halogens is 3. The van der Waals surface area contributed by atoms with Gasteiger partial charge in [-0.05, 0) is 32.6 Å². The molecule has 1 aliphatic rings. The molecule has 1 aromatic heterocycles. The Morgan fingerprint density at radius 2 is 2.05 bits per heavy atom. The predicted octanol–water partition coefficient (Wildman–Crippen LogP) is 2.88. The van der Waals surface area contributed by atoms with Gasteiger partial charge in [-0.25, -0.2) is 0 Å². The van der Waals surface area contributed by atoms with Gasteiger partial charge in [0.2, 0.25) is 10.1 Å². The summed E-state index contributed by atoms with van der Waals surface area (Å²) in [4.78, 5) is 13.0. The van der Waals surface area contributed by atoms with Gasteiger partial charge in [-0.15, -0.1) is 10.2 Å². The minimum atomic E-state index is -4.49. The van der Waals surface area contributed by atoms with Crippen LogP contribution in [0.15, 0.2) is 0 Å². The minimum Gasteiger partial charge on any atom is -0.481 e. The third-order valence-electron chi connectivity index (χ3n) is 3.92. The average Bonchev–Trinajstić information content (AvgIpc) is 2.88. The van der Waals surface area contributed by atoms with Gasteiger partial charge in [0.15, 0.2) is 0 Å². The van der Waals surface area contributed by atoms with Crippen LogP contribution in [0.1, 0.15) is 31.7 Å². The third-order valence-corrected chi connectivity index (χ3v) is 4.95. The number of hydrogen-bond donors (Lipinski definition) is 1. The summed E-state index contributed by atoms with van der Waals surface area (Å²) in [7, 11) is 0. The van der Waals surface area contributed by atoms with E-state index in [1.807, 2.05) is 0 Å². The fraction of sp³-hybridized carbons (Fsp3) is 0.750. The number of nitrogens with zero attached hydrogens (tertiary/aromatic N) is 3. The van der Waals surface area contributed by atoms with Crippen LogP contribution in [0, 0.1) is 11.3 Å². The third kappa shape index (κ3) is 3.28. The van der Waals surface area contributed by atoms with Gasteiger partial charge in [-0.2, -0.15) is 13.2 Å². The van der Waals surface area contributed by atoms with Crippen LogP contribution in [0.3, 0.4) is 0 Å². The highest BCUT2D eigenvalue weighted by Crippen LogP contribution is 2.38. The summed E-state index contributed by atoms with van der Waals surface area (Å²) in [6, 6.07) is 0. The molecule has 0 radical (unpaired) electrons. The molecule has 1 saturated heterocycles. The number of alkyl halides is 3.